The number of nitrogens with zero attached hydrogens (tertiary/aromatic N) is 1. The van der Waals surface area contributed by atoms with Crippen molar-refractivity contribution in [2.45, 2.75) is 38.4 Å². The number of aryl methyl sites for hydroxylation is 1. The molecule has 2 rings (SSSR count). The van der Waals surface area contributed by atoms with Gasteiger partial charge in [-0.1, -0.05) is 0 Å². The smallest absolute Gasteiger partial charge is 0.141 e. The molecule has 14 heavy (non-hydrogen) atoms. The molecule has 2 unspecified atom stereocenters. The van der Waals surface area contributed by atoms with Crippen molar-refractivity contribution < 1.29 is 9.84 Å². The highest BCUT2D eigenvalue weighted by molar-refractivity contribution is 5.25. The summed E-state index contributed by atoms with van der Waals surface area (Å²) in [5.41, 5.74) is 0.881. The number of aliphatic hydroxyl groups is 1. The summed E-state index contributed by atoms with van der Waals surface area (Å²) in [6, 6.07) is 3.75. The molecule has 0 spiro atoms. The van der Waals surface area contributed by atoms with Gasteiger partial charge in [-0.15, -0.1) is 0 Å². The lowest BCUT2D eigenvalue weighted by molar-refractivity contribution is 0.0597. The summed E-state index contributed by atoms with van der Waals surface area (Å²) >= 11 is 0. The van der Waals surface area contributed by atoms with Gasteiger partial charge in [0.2, 0.25) is 0 Å². The van der Waals surface area contributed by atoms with E-state index < -0.39 is 0 Å². The second-order valence-electron chi connectivity index (χ2n) is 3.74. The van der Waals surface area contributed by atoms with Crippen LogP contribution in [0.2, 0.25) is 0 Å². The van der Waals surface area contributed by atoms with Crippen LogP contribution in [0.25, 0.3) is 0 Å². The Balaban J connectivity index is 2.07. The molecule has 0 radical (unpaired) electrons. The molecule has 3 nitrogen and oxygen atoms in total. The van der Waals surface area contributed by atoms with Gasteiger partial charge in [-0.05, 0) is 38.3 Å². The number of aliphatic hydroxyl groups excluding tert-OH is 1. The molecule has 1 aromatic heterocycles. The molecule has 1 saturated carbocycles. The van der Waals surface area contributed by atoms with E-state index in [-0.39, 0.29) is 12.2 Å². The van der Waals surface area contributed by atoms with E-state index in [0.29, 0.717) is 0 Å². The molecule has 1 heterocycles. The number of ether oxygens (including phenoxy) is 1. The summed E-state index contributed by atoms with van der Waals surface area (Å²) in [6.45, 7) is 1.91. The third-order valence-corrected chi connectivity index (χ3v) is 2.65. The van der Waals surface area contributed by atoms with Crippen molar-refractivity contribution in [1.82, 2.24) is 4.98 Å². The molecular weight excluding hydrogens is 178 g/mol. The Morgan fingerprint density at radius 1 is 1.50 bits per heavy atom. The molecule has 0 aromatic carbocycles. The third-order valence-electron chi connectivity index (χ3n) is 2.65. The monoisotopic (exact) mass is 193 g/mol. The van der Waals surface area contributed by atoms with Crippen molar-refractivity contribution in [3.63, 3.8) is 0 Å². The number of hydrogen-bond donors (Lipinski definition) is 1. The Morgan fingerprint density at radius 3 is 3.00 bits per heavy atom. The quantitative estimate of drug-likeness (QED) is 0.777. The van der Waals surface area contributed by atoms with Gasteiger partial charge in [-0.3, -0.25) is 4.98 Å². The molecular formula is C11H15NO2. The van der Waals surface area contributed by atoms with Crippen molar-refractivity contribution >= 4 is 0 Å². The normalized spacial score (nSPS) is 26.4. The predicted molar refractivity (Wildman–Crippen MR) is 53.2 cm³/mol. The summed E-state index contributed by atoms with van der Waals surface area (Å²) in [4.78, 5) is 4.14. The van der Waals surface area contributed by atoms with Crippen LogP contribution in [0.15, 0.2) is 18.3 Å². The lowest BCUT2D eigenvalue weighted by atomic mass is 10.2. The average molecular weight is 193 g/mol. The van der Waals surface area contributed by atoms with E-state index in [1.54, 1.807) is 6.20 Å². The van der Waals surface area contributed by atoms with E-state index in [9.17, 15) is 5.11 Å². The highest BCUT2D eigenvalue weighted by atomic mass is 16.5. The minimum absolute atomic E-state index is 0.0436. The number of rotatable bonds is 2. The molecule has 0 saturated heterocycles. The van der Waals surface area contributed by atoms with E-state index in [4.69, 9.17) is 4.74 Å². The topological polar surface area (TPSA) is 42.4 Å². The molecule has 0 bridgehead atoms. The first kappa shape index (κ1) is 9.46. The lowest BCUT2D eigenvalue weighted by Crippen LogP contribution is -2.25. The van der Waals surface area contributed by atoms with Crippen LogP contribution in [0.1, 0.15) is 25.0 Å². The van der Waals surface area contributed by atoms with E-state index in [0.717, 1.165) is 30.7 Å². The standard InChI is InChI=1S/C11H15NO2/c1-8-10(6-3-7-12-8)14-11-5-2-4-9(11)13/h3,6-7,9,11,13H,2,4-5H2,1H3. The second kappa shape index (κ2) is 3.96. The molecule has 0 aliphatic heterocycles. The summed E-state index contributed by atoms with van der Waals surface area (Å²) < 4.78 is 5.71. The van der Waals surface area contributed by atoms with Crippen LogP contribution in [-0.4, -0.2) is 22.3 Å². The first-order chi connectivity index (χ1) is 6.77. The fraction of sp³-hybridized carbons (Fsp3) is 0.545. The van der Waals surface area contributed by atoms with Crippen LogP contribution in [-0.2, 0) is 0 Å². The van der Waals surface area contributed by atoms with Gasteiger partial charge >= 0.3 is 0 Å². The first-order valence-corrected chi connectivity index (χ1v) is 5.04. The zero-order chi connectivity index (χ0) is 9.97. The molecule has 1 aliphatic rings. The minimum atomic E-state index is -0.311. The predicted octanol–water partition coefficient (Wildman–Crippen LogP) is 1.68. The van der Waals surface area contributed by atoms with Crippen molar-refractivity contribution in [3.8, 4) is 5.75 Å². The van der Waals surface area contributed by atoms with Crippen LogP contribution in [0.4, 0.5) is 0 Å². The van der Waals surface area contributed by atoms with Crippen molar-refractivity contribution in [2.75, 3.05) is 0 Å². The molecule has 1 aliphatic carbocycles. The zero-order valence-corrected chi connectivity index (χ0v) is 8.31. The molecule has 3 heteroatoms. The van der Waals surface area contributed by atoms with Gasteiger partial charge in [0, 0.05) is 6.20 Å². The Labute approximate surface area is 83.7 Å². The fourth-order valence-electron chi connectivity index (χ4n) is 1.80. The molecule has 76 valence electrons. The van der Waals surface area contributed by atoms with Gasteiger partial charge in [-0.25, -0.2) is 0 Å². The van der Waals surface area contributed by atoms with Crippen LogP contribution >= 0.6 is 0 Å². The summed E-state index contributed by atoms with van der Waals surface area (Å²) in [5.74, 6) is 0.790. The Morgan fingerprint density at radius 2 is 2.36 bits per heavy atom. The maximum absolute atomic E-state index is 9.60. The van der Waals surface area contributed by atoms with Crippen molar-refractivity contribution in [2.24, 2.45) is 0 Å². The molecule has 0 amide bonds. The molecule has 2 atom stereocenters. The zero-order valence-electron chi connectivity index (χ0n) is 8.31. The van der Waals surface area contributed by atoms with Crippen LogP contribution < -0.4 is 4.74 Å². The Kier molecular flexibility index (Phi) is 2.68. The first-order valence-electron chi connectivity index (χ1n) is 5.04. The van der Waals surface area contributed by atoms with Gasteiger partial charge in [-0.2, -0.15) is 0 Å². The van der Waals surface area contributed by atoms with Crippen LogP contribution in [0.3, 0.4) is 0 Å². The number of hydrogen-bond acceptors (Lipinski definition) is 3. The highest BCUT2D eigenvalue weighted by Crippen LogP contribution is 2.25. The number of aromatic nitrogens is 1. The van der Waals surface area contributed by atoms with Gasteiger partial charge in [0.05, 0.1) is 11.8 Å². The Bertz CT molecular complexity index is 314. The largest absolute Gasteiger partial charge is 0.486 e. The van der Waals surface area contributed by atoms with Gasteiger partial charge in [0.25, 0.3) is 0 Å². The third kappa shape index (κ3) is 1.87. The summed E-state index contributed by atoms with van der Waals surface area (Å²) in [5, 5.41) is 9.60. The molecule has 1 fully saturated rings. The van der Waals surface area contributed by atoms with Gasteiger partial charge in [0.15, 0.2) is 0 Å². The molecule has 1 N–H and O–H groups in total. The second-order valence-corrected chi connectivity index (χ2v) is 3.74. The van der Waals surface area contributed by atoms with Crippen molar-refractivity contribution in [3.05, 3.63) is 24.0 Å². The summed E-state index contributed by atoms with van der Waals surface area (Å²) in [6.07, 6.45) is 4.23. The minimum Gasteiger partial charge on any atom is -0.486 e. The van der Waals surface area contributed by atoms with E-state index >= 15 is 0 Å². The maximum atomic E-state index is 9.60. The maximum Gasteiger partial charge on any atom is 0.141 e. The SMILES string of the molecule is Cc1ncccc1OC1CCCC1O. The van der Waals surface area contributed by atoms with Crippen LogP contribution in [0, 0.1) is 6.92 Å². The summed E-state index contributed by atoms with van der Waals surface area (Å²) in [7, 11) is 0. The fourth-order valence-corrected chi connectivity index (χ4v) is 1.80. The number of pyridine rings is 1. The molecule has 1 aromatic rings. The van der Waals surface area contributed by atoms with Crippen LogP contribution in [0.5, 0.6) is 5.75 Å². The Hall–Kier alpha value is -1.09. The van der Waals surface area contributed by atoms with E-state index in [1.165, 1.54) is 0 Å². The average Bonchev–Trinajstić information content (AvgIpc) is 2.56. The van der Waals surface area contributed by atoms with E-state index in [2.05, 4.69) is 4.98 Å². The highest BCUT2D eigenvalue weighted by Gasteiger charge is 2.27. The lowest BCUT2D eigenvalue weighted by Gasteiger charge is -2.17. The van der Waals surface area contributed by atoms with Crippen molar-refractivity contribution in [1.29, 1.82) is 0 Å². The van der Waals surface area contributed by atoms with E-state index in [1.807, 2.05) is 19.1 Å². The van der Waals surface area contributed by atoms with Gasteiger partial charge < -0.3 is 9.84 Å². The van der Waals surface area contributed by atoms with Gasteiger partial charge in [0.1, 0.15) is 11.9 Å².